The van der Waals surface area contributed by atoms with Crippen LogP contribution in [0.4, 0.5) is 0 Å². The summed E-state index contributed by atoms with van der Waals surface area (Å²) in [7, 11) is 0. The fraction of sp³-hybridized carbons (Fsp3) is 0.650. The fourth-order valence-corrected chi connectivity index (χ4v) is 7.54. The van der Waals surface area contributed by atoms with E-state index >= 15 is 0 Å². The lowest BCUT2D eigenvalue weighted by Gasteiger charge is -2.69. The Kier molecular flexibility index (Phi) is 2.57. The van der Waals surface area contributed by atoms with Gasteiger partial charge in [0.1, 0.15) is 0 Å². The summed E-state index contributed by atoms with van der Waals surface area (Å²) in [4.78, 5) is 0. The van der Waals surface area contributed by atoms with Gasteiger partial charge in [0.05, 0.1) is 17.3 Å². The molecular weight excluding hydrogens is 320 g/mol. The zero-order valence-electron chi connectivity index (χ0n) is 13.8. The first-order chi connectivity index (χ1) is 11.6. The van der Waals surface area contributed by atoms with E-state index in [4.69, 9.17) is 11.6 Å². The van der Waals surface area contributed by atoms with Gasteiger partial charge in [-0.25, -0.2) is 0 Å². The van der Waals surface area contributed by atoms with Gasteiger partial charge in [-0.1, -0.05) is 11.6 Å². The molecule has 5 aliphatic rings. The van der Waals surface area contributed by atoms with Crippen molar-refractivity contribution in [2.24, 2.45) is 29.1 Å². The molecule has 2 N–H and O–H groups in total. The first-order valence-corrected chi connectivity index (χ1v) is 9.79. The largest absolute Gasteiger partial charge is 0.385 e. The number of fused-ring (bicyclic) bond motifs is 1. The van der Waals surface area contributed by atoms with E-state index in [9.17, 15) is 5.11 Å². The number of H-pyrrole nitrogens is 1. The minimum absolute atomic E-state index is 0.400. The summed E-state index contributed by atoms with van der Waals surface area (Å²) < 4.78 is 0. The highest BCUT2D eigenvalue weighted by Crippen LogP contribution is 2.73. The van der Waals surface area contributed by atoms with Crippen molar-refractivity contribution in [3.05, 3.63) is 28.9 Å². The second-order valence-electron chi connectivity index (χ2n) is 9.21. The van der Waals surface area contributed by atoms with Crippen molar-refractivity contribution in [1.29, 1.82) is 0 Å². The van der Waals surface area contributed by atoms with E-state index in [1.54, 1.807) is 6.20 Å². The average molecular weight is 343 g/mol. The van der Waals surface area contributed by atoms with Crippen molar-refractivity contribution < 1.29 is 5.11 Å². The van der Waals surface area contributed by atoms with Gasteiger partial charge in [-0.05, 0) is 86.2 Å². The Labute approximate surface area is 146 Å². The summed E-state index contributed by atoms with van der Waals surface area (Å²) >= 11 is 6.31. The minimum atomic E-state index is -0.731. The van der Waals surface area contributed by atoms with E-state index in [0.717, 1.165) is 53.0 Å². The predicted molar refractivity (Wildman–Crippen MR) is 93.7 cm³/mol. The highest BCUT2D eigenvalue weighted by atomic mass is 35.5. The number of aliphatic hydroxyl groups is 1. The van der Waals surface area contributed by atoms with Gasteiger partial charge in [0.25, 0.3) is 0 Å². The maximum atomic E-state index is 11.5. The molecule has 5 aliphatic carbocycles. The van der Waals surface area contributed by atoms with E-state index in [0.29, 0.717) is 10.4 Å². The van der Waals surface area contributed by atoms with Crippen LogP contribution in [0, 0.1) is 29.1 Å². The Hall–Kier alpha value is -1.06. The third-order valence-electron chi connectivity index (χ3n) is 8.02. The molecule has 4 bridgehead atoms. The molecule has 5 saturated carbocycles. The van der Waals surface area contributed by atoms with E-state index < -0.39 is 5.60 Å². The Morgan fingerprint density at radius 3 is 2.38 bits per heavy atom. The molecule has 24 heavy (non-hydrogen) atoms. The molecule has 1 aromatic carbocycles. The zero-order valence-corrected chi connectivity index (χ0v) is 14.5. The van der Waals surface area contributed by atoms with Crippen LogP contribution in [0.1, 0.15) is 50.5 Å². The maximum Gasteiger partial charge on any atom is 0.0928 e. The van der Waals surface area contributed by atoms with Crippen molar-refractivity contribution in [1.82, 2.24) is 10.2 Å². The number of nitrogens with zero attached hydrogens (tertiary/aromatic N) is 1. The van der Waals surface area contributed by atoms with Crippen molar-refractivity contribution in [2.75, 3.05) is 0 Å². The lowest BCUT2D eigenvalue weighted by Crippen LogP contribution is -2.63. The van der Waals surface area contributed by atoms with Gasteiger partial charge in [0, 0.05) is 16.0 Å². The van der Waals surface area contributed by atoms with Crippen LogP contribution in [-0.4, -0.2) is 15.3 Å². The van der Waals surface area contributed by atoms with Crippen molar-refractivity contribution in [2.45, 2.75) is 50.5 Å². The number of hydrogen-bond acceptors (Lipinski definition) is 2. The number of aromatic amines is 1. The van der Waals surface area contributed by atoms with Crippen LogP contribution >= 0.6 is 11.6 Å². The van der Waals surface area contributed by atoms with E-state index in [1.165, 1.54) is 32.1 Å². The van der Waals surface area contributed by atoms with Gasteiger partial charge < -0.3 is 5.11 Å². The van der Waals surface area contributed by atoms with Crippen LogP contribution in [0.25, 0.3) is 10.9 Å². The Morgan fingerprint density at radius 2 is 1.71 bits per heavy atom. The summed E-state index contributed by atoms with van der Waals surface area (Å²) in [6, 6.07) is 3.87. The van der Waals surface area contributed by atoms with Crippen molar-refractivity contribution in [3.8, 4) is 0 Å². The molecule has 2 aromatic rings. The molecule has 1 aromatic heterocycles. The molecule has 0 aliphatic heterocycles. The summed E-state index contributed by atoms with van der Waals surface area (Å²) in [6.45, 7) is 0. The second kappa shape index (κ2) is 4.37. The summed E-state index contributed by atoms with van der Waals surface area (Å²) in [6.07, 6.45) is 10.8. The summed E-state index contributed by atoms with van der Waals surface area (Å²) in [5.41, 5.74) is 1.59. The molecule has 5 fully saturated rings. The predicted octanol–water partition coefficient (Wildman–Crippen LogP) is 4.64. The lowest BCUT2D eigenvalue weighted by atomic mass is 9.36. The van der Waals surface area contributed by atoms with Crippen LogP contribution in [0.2, 0.25) is 5.02 Å². The molecule has 4 heteroatoms. The monoisotopic (exact) mass is 342 g/mol. The number of hydrogen-bond donors (Lipinski definition) is 2. The number of nitrogens with one attached hydrogen (secondary N) is 1. The topological polar surface area (TPSA) is 48.9 Å². The van der Waals surface area contributed by atoms with Gasteiger partial charge in [0.15, 0.2) is 0 Å². The van der Waals surface area contributed by atoms with Gasteiger partial charge in [0.2, 0.25) is 0 Å². The molecule has 0 amide bonds. The number of rotatable bonds is 1. The number of benzene rings is 1. The summed E-state index contributed by atoms with van der Waals surface area (Å²) in [5, 5.41) is 20.4. The molecule has 0 radical (unpaired) electrons. The normalized spacial score (nSPS) is 45.9. The third kappa shape index (κ3) is 1.65. The molecule has 0 atom stereocenters. The highest BCUT2D eigenvalue weighted by molar-refractivity contribution is 6.31. The van der Waals surface area contributed by atoms with E-state index in [-0.39, 0.29) is 0 Å². The first kappa shape index (κ1) is 14.1. The van der Waals surface area contributed by atoms with Gasteiger partial charge in [-0.3, -0.25) is 5.10 Å². The molecule has 1 heterocycles. The average Bonchev–Trinajstić information content (AvgIpc) is 2.96. The van der Waals surface area contributed by atoms with Crippen LogP contribution in [0.5, 0.6) is 0 Å². The van der Waals surface area contributed by atoms with E-state index in [2.05, 4.69) is 10.2 Å². The van der Waals surface area contributed by atoms with E-state index in [1.807, 2.05) is 12.1 Å². The third-order valence-corrected chi connectivity index (χ3v) is 8.24. The van der Waals surface area contributed by atoms with Gasteiger partial charge in [-0.15, -0.1) is 0 Å². The molecule has 126 valence electrons. The Morgan fingerprint density at radius 1 is 1.04 bits per heavy atom. The SMILES string of the molecule is OC1(c2cc(Cl)cc3cn[nH]c23)CC2(C1)C1CC3CC(C1)CC2C3. The molecular formula is C20H23ClN2O. The van der Waals surface area contributed by atoms with Crippen LogP contribution in [-0.2, 0) is 5.60 Å². The van der Waals surface area contributed by atoms with Crippen molar-refractivity contribution in [3.63, 3.8) is 0 Å². The van der Waals surface area contributed by atoms with Gasteiger partial charge >= 0.3 is 0 Å². The quantitative estimate of drug-likeness (QED) is 0.793. The molecule has 1 spiro atoms. The van der Waals surface area contributed by atoms with Crippen molar-refractivity contribution >= 4 is 22.5 Å². The molecule has 0 saturated heterocycles. The second-order valence-corrected chi connectivity index (χ2v) is 9.65. The highest BCUT2D eigenvalue weighted by Gasteiger charge is 2.66. The molecule has 0 unspecified atom stereocenters. The van der Waals surface area contributed by atoms with Crippen LogP contribution < -0.4 is 0 Å². The van der Waals surface area contributed by atoms with Gasteiger partial charge in [-0.2, -0.15) is 5.10 Å². The fourth-order valence-electron chi connectivity index (χ4n) is 7.32. The Bertz CT molecular complexity index is 805. The van der Waals surface area contributed by atoms with Crippen LogP contribution in [0.15, 0.2) is 18.3 Å². The standard InChI is InChI=1S/C20H23ClN2O/c21-16-6-13-8-22-23-18(13)17(7-16)20(24)9-19(10-20)14-2-11-1-12(4-14)5-15(19)3-11/h6-8,11-12,14-15,24H,1-5,9-10H2,(H,22,23). The molecule has 3 nitrogen and oxygen atoms in total. The number of aromatic nitrogens is 2. The minimum Gasteiger partial charge on any atom is -0.385 e. The number of halogens is 1. The smallest absolute Gasteiger partial charge is 0.0928 e. The maximum absolute atomic E-state index is 11.5. The summed E-state index contributed by atoms with van der Waals surface area (Å²) in [5.74, 6) is 3.67. The lowest BCUT2D eigenvalue weighted by molar-refractivity contribution is -0.240. The Balaban J connectivity index is 1.39. The first-order valence-electron chi connectivity index (χ1n) is 9.41. The molecule has 7 rings (SSSR count). The van der Waals surface area contributed by atoms with Crippen LogP contribution in [0.3, 0.4) is 0 Å². The zero-order chi connectivity index (χ0) is 16.1.